The maximum Gasteiger partial charge on any atom is 0.421 e. The molecule has 0 amide bonds. The van der Waals surface area contributed by atoms with Crippen LogP contribution in [0.1, 0.15) is 384 Å². The van der Waals surface area contributed by atoms with Gasteiger partial charge in [-0.15, -0.1) is 0 Å². The predicted molar refractivity (Wildman–Crippen MR) is 426 cm³/mol. The normalized spacial score (nSPS) is 16.7. The van der Waals surface area contributed by atoms with Crippen molar-refractivity contribution in [3.63, 3.8) is 0 Å². The Morgan fingerprint density at radius 3 is 0.974 bits per heavy atom. The largest absolute Gasteiger partial charge is 0.465 e. The zero-order chi connectivity index (χ0) is 88.9. The van der Waals surface area contributed by atoms with E-state index in [2.05, 4.69) is 27.7 Å². The van der Waals surface area contributed by atoms with Crippen LogP contribution in [0.4, 0.5) is 52.7 Å². The Labute approximate surface area is 676 Å². The van der Waals surface area contributed by atoms with Gasteiger partial charge in [0.1, 0.15) is 0 Å². The molecule has 14 nitrogen and oxygen atoms in total. The van der Waals surface area contributed by atoms with Crippen molar-refractivity contribution in [1.82, 2.24) is 0 Å². The monoisotopic (exact) mass is 1660 g/mol. The van der Waals surface area contributed by atoms with E-state index in [0.717, 1.165) is 62.8 Å². The molecule has 0 radical (unpaired) electrons. The van der Waals surface area contributed by atoms with Gasteiger partial charge in [-0.05, 0) is 176 Å². The Morgan fingerprint density at radius 1 is 0.404 bits per heavy atom. The molecule has 0 aliphatic carbocycles. The molecule has 3 rings (SSSR count). The van der Waals surface area contributed by atoms with Gasteiger partial charge in [0.15, 0.2) is 22.4 Å². The van der Waals surface area contributed by atoms with E-state index in [4.69, 9.17) is 23.7 Å². The number of aliphatic hydroxyl groups is 4. The lowest BCUT2D eigenvalue weighted by Gasteiger charge is -2.32. The van der Waals surface area contributed by atoms with Crippen LogP contribution in [0.2, 0.25) is 0 Å². The molecule has 0 spiro atoms. The second-order valence-corrected chi connectivity index (χ2v) is 32.5. The highest BCUT2D eigenvalue weighted by Gasteiger charge is 2.56. The van der Waals surface area contributed by atoms with Crippen molar-refractivity contribution in [1.29, 1.82) is 0 Å². The second-order valence-electron chi connectivity index (χ2n) is 32.5. The number of carbonyl (C=O) groups excluding carboxylic acids is 5. The highest BCUT2D eigenvalue weighted by atomic mass is 19.4. The molecule has 668 valence electrons. The van der Waals surface area contributed by atoms with E-state index >= 15 is 0 Å². The number of hydrogen-bond donors (Lipinski definition) is 4. The van der Waals surface area contributed by atoms with Crippen LogP contribution in [0, 0.1) is 28.6 Å². The standard InChI is InChI=1S/C17H34O2.2C16H20F6O2.C16H32O2.C13H26O2.C10H16O4/c1-4-6-7-8-9-10-11-12-13-14-15-19-17(18)16(3)5-2;2*1-5-9(2)10-6-11(13(3,23)15(17,18)19)8-12(7-10)14(4,24)16(20,21)22;1-5-7-8-9-10-11-12-13-14-18-15(17)16(3,4)6-2;1-5-8-9-12(7-3)10-15-13(14)11(4)6-2;1-4-10(2,3)9(12)14-7-5-6-13-8(7)11/h16H,4-15H2,1-3H3;2*6-9,23-24H,5H2,1-4H3;5-14H2,1-4H3;11-12H,5-10H2,1-4H3;7H,4-6H2,1-3H3. The van der Waals surface area contributed by atoms with Gasteiger partial charge in [-0.3, -0.25) is 19.2 Å². The van der Waals surface area contributed by atoms with Gasteiger partial charge in [-0.1, -0.05) is 243 Å². The highest BCUT2D eigenvalue weighted by Crippen LogP contribution is 2.47. The van der Waals surface area contributed by atoms with Gasteiger partial charge in [0.25, 0.3) is 0 Å². The van der Waals surface area contributed by atoms with E-state index in [1.165, 1.54) is 122 Å². The summed E-state index contributed by atoms with van der Waals surface area (Å²) < 4.78 is 182. The van der Waals surface area contributed by atoms with E-state index in [0.29, 0.717) is 97.9 Å². The van der Waals surface area contributed by atoms with Crippen LogP contribution >= 0.6 is 0 Å². The maximum absolute atomic E-state index is 13.1. The zero-order valence-corrected chi connectivity index (χ0v) is 73.2. The first-order chi connectivity index (χ1) is 52.5. The minimum atomic E-state index is -5.08. The van der Waals surface area contributed by atoms with E-state index in [1.807, 2.05) is 55.4 Å². The van der Waals surface area contributed by atoms with Crippen LogP contribution in [0.5, 0.6) is 0 Å². The Morgan fingerprint density at radius 2 is 0.702 bits per heavy atom. The first-order valence-electron chi connectivity index (χ1n) is 41.9. The molecule has 0 aromatic heterocycles. The summed E-state index contributed by atoms with van der Waals surface area (Å²) in [6.45, 7) is 38.9. The lowest BCUT2D eigenvalue weighted by molar-refractivity contribution is -0.261. The smallest absolute Gasteiger partial charge is 0.421 e. The third-order valence-corrected chi connectivity index (χ3v) is 21.7. The number of unbranched alkanes of at least 4 members (excludes halogenated alkanes) is 17. The maximum atomic E-state index is 13.1. The van der Waals surface area contributed by atoms with E-state index in [1.54, 1.807) is 41.5 Å². The number of alkyl halides is 12. The van der Waals surface area contributed by atoms with Crippen LogP contribution in [0.15, 0.2) is 36.4 Å². The summed E-state index contributed by atoms with van der Waals surface area (Å²) >= 11 is 0. The summed E-state index contributed by atoms with van der Waals surface area (Å²) in [5.41, 5.74) is -16.8. The van der Waals surface area contributed by atoms with Crippen molar-refractivity contribution in [2.24, 2.45) is 28.6 Å². The second kappa shape index (κ2) is 54.8. The summed E-state index contributed by atoms with van der Waals surface area (Å²) in [7, 11) is 0. The zero-order valence-electron chi connectivity index (χ0n) is 73.2. The summed E-state index contributed by atoms with van der Waals surface area (Å²) in [5.74, 6) is -0.906. The van der Waals surface area contributed by atoms with Crippen LogP contribution in [0.3, 0.4) is 0 Å². The van der Waals surface area contributed by atoms with Gasteiger partial charge in [0.2, 0.25) is 6.10 Å². The van der Waals surface area contributed by atoms with Gasteiger partial charge in [-0.2, -0.15) is 52.7 Å². The van der Waals surface area contributed by atoms with Crippen molar-refractivity contribution in [2.75, 3.05) is 26.4 Å². The third kappa shape index (κ3) is 41.5. The molecule has 4 N–H and O–H groups in total. The average molecular weight is 1660 g/mol. The molecule has 1 heterocycles. The lowest BCUT2D eigenvalue weighted by atomic mass is 9.84. The van der Waals surface area contributed by atoms with Crippen LogP contribution in [0.25, 0.3) is 0 Å². The Bertz CT molecular complexity index is 2780. The molecule has 114 heavy (non-hydrogen) atoms. The molecule has 2 aromatic rings. The van der Waals surface area contributed by atoms with Gasteiger partial charge in [-0.25, -0.2) is 4.79 Å². The van der Waals surface area contributed by atoms with Crippen molar-refractivity contribution in [3.05, 3.63) is 69.8 Å². The van der Waals surface area contributed by atoms with Gasteiger partial charge in [0.05, 0.1) is 49.1 Å². The molecule has 10 unspecified atom stereocenters. The minimum Gasteiger partial charge on any atom is -0.465 e. The van der Waals surface area contributed by atoms with E-state index < -0.39 is 86.9 Å². The SMILES string of the molecule is CCC(C)(C)C(=O)OC1CCOC1=O.CCC(C)c1cc(C(C)(O)C(F)(F)F)cc(C(C)(O)C(F)(F)F)c1.CCC(C)c1cc(C(C)(O)C(F)(F)F)cc(C(C)(O)C(F)(F)F)c1.CCCCC(CC)COC(=O)C(C)CC.CCCCCCCCCCCCOC(=O)C(C)CC.CCCCCCCCCCOC(=O)C(C)(C)CC. The number of ether oxygens (including phenoxy) is 5. The molecule has 1 fully saturated rings. The first kappa shape index (κ1) is 113. The molecule has 10 atom stereocenters. The van der Waals surface area contributed by atoms with Crippen LogP contribution < -0.4 is 0 Å². The summed E-state index contributed by atoms with van der Waals surface area (Å²) in [6.07, 6.45) is 11.7. The molecule has 0 saturated carbocycles. The van der Waals surface area contributed by atoms with Crippen molar-refractivity contribution >= 4 is 29.8 Å². The molecule has 1 aliphatic heterocycles. The fourth-order valence-corrected chi connectivity index (χ4v) is 10.4. The number of esters is 5. The molecule has 1 saturated heterocycles. The molecule has 26 heteroatoms. The topological polar surface area (TPSA) is 212 Å². The third-order valence-electron chi connectivity index (χ3n) is 21.7. The molecular formula is C88H148F12O14. The van der Waals surface area contributed by atoms with Gasteiger partial charge in [0, 0.05) is 6.42 Å². The molecular weight excluding hydrogens is 1510 g/mol. The van der Waals surface area contributed by atoms with E-state index in [9.17, 15) is 97.1 Å². The number of hydrogen-bond acceptors (Lipinski definition) is 14. The fraction of sp³-hybridized carbons (Fsp3) is 0.807. The van der Waals surface area contributed by atoms with Crippen molar-refractivity contribution < 1.29 is 121 Å². The quantitative estimate of drug-likeness (QED) is 0.0211. The number of cyclic esters (lactones) is 1. The average Bonchev–Trinajstić information content (AvgIpc) is 1.54. The fourth-order valence-electron chi connectivity index (χ4n) is 10.4. The van der Waals surface area contributed by atoms with E-state index in [-0.39, 0.29) is 64.1 Å². The van der Waals surface area contributed by atoms with Crippen molar-refractivity contribution in [2.45, 2.75) is 404 Å². The van der Waals surface area contributed by atoms with Gasteiger partial charge < -0.3 is 44.1 Å². The molecule has 1 aliphatic rings. The molecule has 0 bridgehead atoms. The highest BCUT2D eigenvalue weighted by molar-refractivity contribution is 5.82. The number of carbonyl (C=O) groups is 5. The molecule has 2 aromatic carbocycles. The summed E-state index contributed by atoms with van der Waals surface area (Å²) in [4.78, 5) is 57.1. The number of rotatable bonds is 43. The van der Waals surface area contributed by atoms with Gasteiger partial charge >= 0.3 is 54.6 Å². The Kier molecular flexibility index (Phi) is 54.3. The summed E-state index contributed by atoms with van der Waals surface area (Å²) in [5, 5.41) is 39.2. The predicted octanol–water partition coefficient (Wildman–Crippen LogP) is 25.2. The Hall–Kier alpha value is -5.21. The minimum absolute atomic E-state index is 0.0292. The first-order valence-corrected chi connectivity index (χ1v) is 41.9. The lowest BCUT2D eigenvalue weighted by Crippen LogP contribution is -2.42. The summed E-state index contributed by atoms with van der Waals surface area (Å²) in [6, 6.07) is 5.20. The number of benzene rings is 2. The van der Waals surface area contributed by atoms with Crippen molar-refractivity contribution in [3.8, 4) is 0 Å². The number of halogens is 12. The Balaban J connectivity index is -0.00000131. The van der Waals surface area contributed by atoms with Crippen LogP contribution in [-0.2, 0) is 70.1 Å². The van der Waals surface area contributed by atoms with Crippen LogP contribution in [-0.4, -0.2) is 108 Å².